The fraction of sp³-hybridized carbons (Fsp3) is 0.286. The average Bonchev–Trinajstić information content (AvgIpc) is 3.14. The van der Waals surface area contributed by atoms with Gasteiger partial charge in [0.25, 0.3) is 5.91 Å². The van der Waals surface area contributed by atoms with Crippen LogP contribution < -0.4 is 5.32 Å². The Morgan fingerprint density at radius 2 is 1.70 bits per heavy atom. The van der Waals surface area contributed by atoms with E-state index in [9.17, 15) is 13.2 Å². The molecule has 3 aromatic rings. The van der Waals surface area contributed by atoms with Crippen LogP contribution in [0, 0.1) is 0 Å². The number of aromatic nitrogens is 3. The van der Waals surface area contributed by atoms with Crippen LogP contribution in [0.4, 0.5) is 0 Å². The van der Waals surface area contributed by atoms with Crippen LogP contribution in [0.2, 0.25) is 0 Å². The van der Waals surface area contributed by atoms with E-state index in [1.165, 1.54) is 28.6 Å². The maximum absolute atomic E-state index is 12.5. The third-order valence-corrected chi connectivity index (χ3v) is 6.86. The Hall–Kier alpha value is -3.04. The summed E-state index contributed by atoms with van der Waals surface area (Å²) >= 11 is 0. The Morgan fingerprint density at radius 3 is 2.30 bits per heavy atom. The van der Waals surface area contributed by atoms with E-state index in [4.69, 9.17) is 0 Å². The van der Waals surface area contributed by atoms with Gasteiger partial charge in [0.15, 0.2) is 0 Å². The summed E-state index contributed by atoms with van der Waals surface area (Å²) in [7, 11) is -1.70. The molecule has 30 heavy (non-hydrogen) atoms. The van der Waals surface area contributed by atoms with Gasteiger partial charge in [0.05, 0.1) is 22.8 Å². The number of carbonyl (C=O) groups excluding carboxylic acids is 1. The summed E-state index contributed by atoms with van der Waals surface area (Å²) in [6.07, 6.45) is 3.43. The van der Waals surface area contributed by atoms with Gasteiger partial charge in [0, 0.05) is 43.7 Å². The third kappa shape index (κ3) is 4.58. The van der Waals surface area contributed by atoms with Crippen LogP contribution in [0.15, 0.2) is 59.8 Å². The number of hydrogen-bond acceptors (Lipinski definition) is 5. The van der Waals surface area contributed by atoms with Gasteiger partial charge in [-0.05, 0) is 42.5 Å². The van der Waals surface area contributed by atoms with Gasteiger partial charge in [-0.2, -0.15) is 9.40 Å². The molecule has 0 unspecified atom stereocenters. The molecule has 0 bridgehead atoms. The second-order valence-electron chi connectivity index (χ2n) is 6.68. The summed E-state index contributed by atoms with van der Waals surface area (Å²) in [6.45, 7) is 4.64. The summed E-state index contributed by atoms with van der Waals surface area (Å²) in [4.78, 5) is 16.7. The Kier molecular flexibility index (Phi) is 6.63. The van der Waals surface area contributed by atoms with Crippen molar-refractivity contribution in [1.82, 2.24) is 24.4 Å². The van der Waals surface area contributed by atoms with E-state index in [0.717, 1.165) is 17.0 Å². The number of hydrogen-bond donors (Lipinski definition) is 1. The molecule has 0 saturated carbocycles. The third-order valence-electron chi connectivity index (χ3n) is 4.80. The predicted molar refractivity (Wildman–Crippen MR) is 114 cm³/mol. The smallest absolute Gasteiger partial charge is 0.251 e. The molecule has 0 aliphatic heterocycles. The topological polar surface area (TPSA) is 97.2 Å². The summed E-state index contributed by atoms with van der Waals surface area (Å²) in [5, 5.41) is 7.26. The van der Waals surface area contributed by atoms with Crippen molar-refractivity contribution in [2.75, 3.05) is 13.1 Å². The number of carbonyl (C=O) groups is 1. The maximum atomic E-state index is 12.5. The van der Waals surface area contributed by atoms with Crippen molar-refractivity contribution in [3.8, 4) is 11.3 Å². The van der Waals surface area contributed by atoms with Gasteiger partial charge in [0.2, 0.25) is 10.0 Å². The molecular weight excluding hydrogens is 402 g/mol. The number of nitrogens with zero attached hydrogens (tertiary/aromatic N) is 4. The summed E-state index contributed by atoms with van der Waals surface area (Å²) < 4.78 is 28.2. The lowest BCUT2D eigenvalue weighted by Crippen LogP contribution is -2.30. The first-order valence-corrected chi connectivity index (χ1v) is 11.1. The van der Waals surface area contributed by atoms with Crippen molar-refractivity contribution >= 4 is 15.9 Å². The highest BCUT2D eigenvalue weighted by molar-refractivity contribution is 7.89. The lowest BCUT2D eigenvalue weighted by molar-refractivity contribution is 0.0950. The van der Waals surface area contributed by atoms with Crippen molar-refractivity contribution in [2.45, 2.75) is 25.3 Å². The number of nitrogens with one attached hydrogen (secondary N) is 1. The largest absolute Gasteiger partial charge is 0.346 e. The standard InChI is InChI=1S/C21H25N5O3S/c1-4-26(5-2)30(28,29)19-8-6-17(7-9-19)21(27)23-15-18-14-20(25(3)24-18)16-10-12-22-13-11-16/h6-14H,4-5,15H2,1-3H3,(H,23,27). The average molecular weight is 428 g/mol. The van der Waals surface area contributed by atoms with Gasteiger partial charge >= 0.3 is 0 Å². The highest BCUT2D eigenvalue weighted by Gasteiger charge is 2.21. The monoisotopic (exact) mass is 427 g/mol. The number of sulfonamides is 1. The van der Waals surface area contributed by atoms with Gasteiger partial charge in [-0.1, -0.05) is 13.8 Å². The highest BCUT2D eigenvalue weighted by atomic mass is 32.2. The van der Waals surface area contributed by atoms with Gasteiger partial charge < -0.3 is 5.32 Å². The zero-order valence-electron chi connectivity index (χ0n) is 17.2. The van der Waals surface area contributed by atoms with Crippen LogP contribution in [-0.4, -0.2) is 46.5 Å². The Balaban J connectivity index is 1.67. The van der Waals surface area contributed by atoms with Crippen molar-refractivity contribution in [3.05, 3.63) is 66.1 Å². The van der Waals surface area contributed by atoms with Crippen LogP contribution in [0.25, 0.3) is 11.3 Å². The minimum absolute atomic E-state index is 0.175. The first-order chi connectivity index (χ1) is 14.4. The van der Waals surface area contributed by atoms with Gasteiger partial charge in [-0.15, -0.1) is 0 Å². The Morgan fingerprint density at radius 1 is 1.07 bits per heavy atom. The lowest BCUT2D eigenvalue weighted by Gasteiger charge is -2.18. The molecule has 3 rings (SSSR count). The van der Waals surface area contributed by atoms with E-state index >= 15 is 0 Å². The first kappa shape index (κ1) is 21.7. The Labute approximate surface area is 176 Å². The second kappa shape index (κ2) is 9.19. The molecular formula is C21H25N5O3S. The summed E-state index contributed by atoms with van der Waals surface area (Å²) in [6, 6.07) is 11.7. The maximum Gasteiger partial charge on any atom is 0.251 e. The molecule has 1 amide bonds. The van der Waals surface area contributed by atoms with Crippen LogP contribution >= 0.6 is 0 Å². The number of benzene rings is 1. The molecule has 0 radical (unpaired) electrons. The quantitative estimate of drug-likeness (QED) is 0.596. The Bertz CT molecular complexity index is 1110. The highest BCUT2D eigenvalue weighted by Crippen LogP contribution is 2.19. The molecule has 2 aromatic heterocycles. The molecule has 0 fully saturated rings. The number of amides is 1. The predicted octanol–water partition coefficient (Wildman–Crippen LogP) is 2.44. The van der Waals surface area contributed by atoms with Crippen LogP contribution in [0.1, 0.15) is 29.9 Å². The van der Waals surface area contributed by atoms with Crippen molar-refractivity contribution < 1.29 is 13.2 Å². The molecule has 9 heteroatoms. The summed E-state index contributed by atoms with van der Waals surface area (Å²) in [5.74, 6) is -0.294. The molecule has 158 valence electrons. The molecule has 0 spiro atoms. The van der Waals surface area contributed by atoms with E-state index < -0.39 is 10.0 Å². The van der Waals surface area contributed by atoms with Gasteiger partial charge in [0.1, 0.15) is 0 Å². The van der Waals surface area contributed by atoms with Crippen molar-refractivity contribution in [2.24, 2.45) is 7.05 Å². The van der Waals surface area contributed by atoms with E-state index in [2.05, 4.69) is 15.4 Å². The molecule has 2 heterocycles. The van der Waals surface area contributed by atoms with E-state index in [1.54, 1.807) is 30.9 Å². The zero-order valence-corrected chi connectivity index (χ0v) is 18.1. The fourth-order valence-electron chi connectivity index (χ4n) is 3.17. The van der Waals surface area contributed by atoms with E-state index in [-0.39, 0.29) is 17.3 Å². The second-order valence-corrected chi connectivity index (χ2v) is 8.61. The van der Waals surface area contributed by atoms with E-state index in [1.807, 2.05) is 25.2 Å². The fourth-order valence-corrected chi connectivity index (χ4v) is 4.63. The molecule has 1 N–H and O–H groups in total. The summed E-state index contributed by atoms with van der Waals surface area (Å²) in [5.41, 5.74) is 3.02. The zero-order chi connectivity index (χ0) is 21.7. The minimum Gasteiger partial charge on any atom is -0.346 e. The molecule has 1 aromatic carbocycles. The molecule has 0 aliphatic carbocycles. The number of pyridine rings is 1. The first-order valence-electron chi connectivity index (χ1n) is 9.68. The number of aryl methyl sites for hydroxylation is 1. The SMILES string of the molecule is CCN(CC)S(=O)(=O)c1ccc(C(=O)NCc2cc(-c3ccncc3)n(C)n2)cc1. The number of rotatable bonds is 8. The molecule has 0 aliphatic rings. The molecule has 0 atom stereocenters. The lowest BCUT2D eigenvalue weighted by atomic mass is 10.2. The van der Waals surface area contributed by atoms with Crippen molar-refractivity contribution in [3.63, 3.8) is 0 Å². The van der Waals surface area contributed by atoms with Gasteiger partial charge in [-0.25, -0.2) is 8.42 Å². The van der Waals surface area contributed by atoms with Crippen LogP contribution in [-0.2, 0) is 23.6 Å². The van der Waals surface area contributed by atoms with E-state index in [0.29, 0.717) is 18.7 Å². The van der Waals surface area contributed by atoms with Crippen LogP contribution in [0.3, 0.4) is 0 Å². The normalized spacial score (nSPS) is 11.6. The molecule has 0 saturated heterocycles. The van der Waals surface area contributed by atoms with Crippen molar-refractivity contribution in [1.29, 1.82) is 0 Å². The molecule has 8 nitrogen and oxygen atoms in total. The van der Waals surface area contributed by atoms with Crippen LogP contribution in [0.5, 0.6) is 0 Å². The minimum atomic E-state index is -3.54. The van der Waals surface area contributed by atoms with Gasteiger partial charge in [-0.3, -0.25) is 14.5 Å².